The minimum atomic E-state index is 0.452. The van der Waals surface area contributed by atoms with Crippen molar-refractivity contribution in [1.29, 1.82) is 0 Å². The molecule has 0 aliphatic carbocycles. The van der Waals surface area contributed by atoms with Gasteiger partial charge in [-0.05, 0) is 35.6 Å². The van der Waals surface area contributed by atoms with Crippen molar-refractivity contribution in [3.63, 3.8) is 0 Å². The number of hydrogen-bond donors (Lipinski definition) is 3. The Balaban J connectivity index is 0.000000520. The van der Waals surface area contributed by atoms with Crippen LogP contribution < -0.4 is 11.5 Å². The smallest absolute Gasteiger partial charge is 0.118 e. The number of phenols is 1. The zero-order valence-corrected chi connectivity index (χ0v) is 17.4. The van der Waals surface area contributed by atoms with E-state index in [4.69, 9.17) is 16.3 Å². The van der Waals surface area contributed by atoms with Gasteiger partial charge >= 0.3 is 0 Å². The molecular weight excluding hydrogens is 348 g/mol. The number of carbonyl (C=O) groups is 1. The second kappa shape index (κ2) is 18.2. The molecular formula is C24H38N2O2. The van der Waals surface area contributed by atoms with Gasteiger partial charge in [0.2, 0.25) is 0 Å². The van der Waals surface area contributed by atoms with Crippen molar-refractivity contribution in [2.75, 3.05) is 0 Å². The molecule has 0 radical (unpaired) electrons. The Hall–Kier alpha value is -2.17. The highest BCUT2D eigenvalue weighted by Crippen LogP contribution is 2.18. The molecule has 4 heteroatoms. The van der Waals surface area contributed by atoms with Crippen LogP contribution in [0.4, 0.5) is 0 Å². The van der Waals surface area contributed by atoms with Gasteiger partial charge in [0.15, 0.2) is 0 Å². The summed E-state index contributed by atoms with van der Waals surface area (Å²) in [6.45, 7) is 5.43. The summed E-state index contributed by atoms with van der Waals surface area (Å²) in [6, 6.07) is 15.7. The molecule has 0 saturated carbocycles. The lowest BCUT2D eigenvalue weighted by molar-refractivity contribution is -0.0979. The molecule has 0 saturated heterocycles. The minimum absolute atomic E-state index is 0.452. The molecule has 0 unspecified atom stereocenters. The fraction of sp³-hybridized carbons (Fsp3) is 0.458. The van der Waals surface area contributed by atoms with Crippen LogP contribution in [0.25, 0.3) is 0 Å². The van der Waals surface area contributed by atoms with E-state index in [9.17, 15) is 5.11 Å². The molecule has 0 aliphatic rings. The van der Waals surface area contributed by atoms with Crippen molar-refractivity contribution in [1.82, 2.24) is 0 Å². The molecule has 4 nitrogen and oxygen atoms in total. The maximum Gasteiger partial charge on any atom is 0.118 e. The van der Waals surface area contributed by atoms with Gasteiger partial charge in [-0.15, -0.1) is 0 Å². The van der Waals surface area contributed by atoms with E-state index in [1.54, 1.807) is 6.07 Å². The van der Waals surface area contributed by atoms with Gasteiger partial charge < -0.3 is 21.4 Å². The van der Waals surface area contributed by atoms with E-state index in [1.165, 1.54) is 44.9 Å². The number of rotatable bonds is 10. The van der Waals surface area contributed by atoms with Crippen molar-refractivity contribution >= 4 is 6.79 Å². The lowest BCUT2D eigenvalue weighted by atomic mass is 10.0. The molecule has 2 aromatic rings. The van der Waals surface area contributed by atoms with Crippen molar-refractivity contribution in [3.8, 4) is 5.75 Å². The molecule has 0 bridgehead atoms. The van der Waals surface area contributed by atoms with Crippen LogP contribution in [-0.2, 0) is 24.3 Å². The predicted molar refractivity (Wildman–Crippen MR) is 119 cm³/mol. The Morgan fingerprint density at radius 2 is 1.32 bits per heavy atom. The lowest BCUT2D eigenvalue weighted by Crippen LogP contribution is -2.00. The number of aromatic hydroxyl groups is 1. The Morgan fingerprint density at radius 1 is 0.786 bits per heavy atom. The molecule has 2 aromatic carbocycles. The number of para-hydroxylation sites is 1. The molecule has 0 amide bonds. The van der Waals surface area contributed by atoms with E-state index in [0.29, 0.717) is 18.8 Å². The van der Waals surface area contributed by atoms with E-state index in [2.05, 4.69) is 6.92 Å². The summed E-state index contributed by atoms with van der Waals surface area (Å²) in [7, 11) is 0. The van der Waals surface area contributed by atoms with Gasteiger partial charge in [-0.1, -0.05) is 87.9 Å². The minimum Gasteiger partial charge on any atom is -0.508 e. The molecule has 2 rings (SSSR count). The van der Waals surface area contributed by atoms with E-state index in [-0.39, 0.29) is 0 Å². The van der Waals surface area contributed by atoms with Crippen LogP contribution in [0.2, 0.25) is 0 Å². The summed E-state index contributed by atoms with van der Waals surface area (Å²) in [6.07, 6.45) is 10.3. The van der Waals surface area contributed by atoms with E-state index in [0.717, 1.165) is 23.1 Å². The van der Waals surface area contributed by atoms with Crippen LogP contribution in [0.15, 0.2) is 48.5 Å². The van der Waals surface area contributed by atoms with E-state index in [1.807, 2.05) is 49.3 Å². The predicted octanol–water partition coefficient (Wildman–Crippen LogP) is 5.10. The van der Waals surface area contributed by atoms with Crippen LogP contribution >= 0.6 is 0 Å². The number of aryl methyl sites for hydroxylation is 1. The molecule has 0 fully saturated rings. The number of nitrogens with two attached hydrogens (primary N) is 2. The first-order valence-electron chi connectivity index (χ1n) is 10.2. The molecule has 156 valence electrons. The first-order valence-corrected chi connectivity index (χ1v) is 10.2. The largest absolute Gasteiger partial charge is 0.508 e. The van der Waals surface area contributed by atoms with Crippen LogP contribution in [-0.4, -0.2) is 11.9 Å². The Morgan fingerprint density at radius 3 is 1.86 bits per heavy atom. The fourth-order valence-electron chi connectivity index (χ4n) is 2.88. The van der Waals surface area contributed by atoms with Crippen LogP contribution in [0, 0.1) is 0 Å². The number of unbranched alkanes of at least 4 members (excludes halogenated alkanes) is 6. The lowest BCUT2D eigenvalue weighted by Gasteiger charge is -2.04. The summed E-state index contributed by atoms with van der Waals surface area (Å²) >= 11 is 0. The van der Waals surface area contributed by atoms with Gasteiger partial charge in [0.25, 0.3) is 0 Å². The molecule has 28 heavy (non-hydrogen) atoms. The SMILES string of the molecule is C=O.CCCCCCCCCc1ccccc1O.NCc1cccc(CN)c1. The van der Waals surface area contributed by atoms with Gasteiger partial charge in [-0.3, -0.25) is 0 Å². The van der Waals surface area contributed by atoms with Crippen molar-refractivity contribution in [3.05, 3.63) is 65.2 Å². The second-order valence-corrected chi connectivity index (χ2v) is 6.73. The Kier molecular flexibility index (Phi) is 16.8. The van der Waals surface area contributed by atoms with Crippen molar-refractivity contribution in [2.24, 2.45) is 11.5 Å². The van der Waals surface area contributed by atoms with Crippen molar-refractivity contribution < 1.29 is 9.90 Å². The number of hydrogen-bond acceptors (Lipinski definition) is 4. The van der Waals surface area contributed by atoms with Crippen LogP contribution in [0.3, 0.4) is 0 Å². The number of benzene rings is 2. The summed E-state index contributed by atoms with van der Waals surface area (Å²) < 4.78 is 0. The molecule has 0 aliphatic heterocycles. The molecule has 5 N–H and O–H groups in total. The van der Waals surface area contributed by atoms with Crippen LogP contribution in [0.5, 0.6) is 5.75 Å². The quantitative estimate of drug-likeness (QED) is 0.495. The maximum atomic E-state index is 9.58. The highest BCUT2D eigenvalue weighted by atomic mass is 16.3. The molecule has 0 atom stereocenters. The monoisotopic (exact) mass is 386 g/mol. The topological polar surface area (TPSA) is 89.3 Å². The number of phenolic OH excluding ortho intramolecular Hbond substituents is 1. The maximum absolute atomic E-state index is 9.58. The summed E-state index contributed by atoms with van der Waals surface area (Å²) in [5, 5.41) is 9.58. The zero-order chi connectivity index (χ0) is 21.0. The summed E-state index contributed by atoms with van der Waals surface area (Å²) in [5.41, 5.74) is 14.2. The van der Waals surface area contributed by atoms with Crippen LogP contribution in [0.1, 0.15) is 68.6 Å². The van der Waals surface area contributed by atoms with Gasteiger partial charge in [0, 0.05) is 13.1 Å². The summed E-state index contributed by atoms with van der Waals surface area (Å²) in [4.78, 5) is 8.00. The highest BCUT2D eigenvalue weighted by Gasteiger charge is 1.98. The first kappa shape index (κ1) is 25.8. The zero-order valence-electron chi connectivity index (χ0n) is 17.4. The van der Waals surface area contributed by atoms with Crippen molar-refractivity contribution in [2.45, 2.75) is 71.4 Å². The average molecular weight is 387 g/mol. The van der Waals surface area contributed by atoms with E-state index >= 15 is 0 Å². The third-order valence-corrected chi connectivity index (χ3v) is 4.50. The highest BCUT2D eigenvalue weighted by molar-refractivity contribution is 5.31. The molecule has 0 spiro atoms. The standard InChI is InChI=1S/C15H24O.C8H12N2.CH2O/c1-2-3-4-5-6-7-8-11-14-12-9-10-13-15(14)16;9-5-7-2-1-3-8(4-7)6-10;1-2/h9-10,12-13,16H,2-8,11H2,1H3;1-4H,5-6,9-10H2;1H2. The second-order valence-electron chi connectivity index (χ2n) is 6.73. The van der Waals surface area contributed by atoms with Gasteiger partial charge in [-0.2, -0.15) is 0 Å². The Labute approximate surface area is 171 Å². The molecule has 0 heterocycles. The summed E-state index contributed by atoms with van der Waals surface area (Å²) in [5.74, 6) is 0.452. The Bertz CT molecular complexity index is 598. The first-order chi connectivity index (χ1) is 13.7. The third-order valence-electron chi connectivity index (χ3n) is 4.50. The molecule has 0 aromatic heterocycles. The number of carbonyl (C=O) groups excluding carboxylic acids is 1. The van der Waals surface area contributed by atoms with E-state index < -0.39 is 0 Å². The average Bonchev–Trinajstić information content (AvgIpc) is 2.76. The van der Waals surface area contributed by atoms with Gasteiger partial charge in [0.1, 0.15) is 12.5 Å². The normalized spacial score (nSPS) is 9.68. The fourth-order valence-corrected chi connectivity index (χ4v) is 2.88. The van der Waals surface area contributed by atoms with Gasteiger partial charge in [0.05, 0.1) is 0 Å². The third kappa shape index (κ3) is 12.3. The van der Waals surface area contributed by atoms with Gasteiger partial charge in [-0.25, -0.2) is 0 Å².